The zero-order valence-electron chi connectivity index (χ0n) is 14.0. The van der Waals surface area contributed by atoms with Crippen LogP contribution in [0, 0.1) is 0 Å². The van der Waals surface area contributed by atoms with Gasteiger partial charge in [-0.25, -0.2) is 4.98 Å². The predicted molar refractivity (Wildman–Crippen MR) is 105 cm³/mol. The van der Waals surface area contributed by atoms with Crippen LogP contribution in [0.5, 0.6) is 0 Å². The molecule has 3 nitrogen and oxygen atoms in total. The van der Waals surface area contributed by atoms with E-state index in [1.165, 1.54) is 11.1 Å². The highest BCUT2D eigenvalue weighted by Crippen LogP contribution is 2.31. The Morgan fingerprint density at radius 1 is 1.16 bits per heavy atom. The van der Waals surface area contributed by atoms with E-state index < -0.39 is 0 Å². The van der Waals surface area contributed by atoms with Crippen LogP contribution >= 0.6 is 23.2 Å². The van der Waals surface area contributed by atoms with E-state index >= 15 is 0 Å². The molecular weight excluding hydrogens is 353 g/mol. The quantitative estimate of drug-likeness (QED) is 0.674. The van der Waals surface area contributed by atoms with Gasteiger partial charge in [-0.2, -0.15) is 0 Å². The zero-order chi connectivity index (χ0) is 17.4. The summed E-state index contributed by atoms with van der Waals surface area (Å²) in [5, 5.41) is 4.69. The number of hydrogen-bond acceptors (Lipinski definition) is 2. The molecule has 2 heterocycles. The maximum Gasteiger partial charge on any atom is 0.0964 e. The van der Waals surface area contributed by atoms with Crippen LogP contribution in [-0.2, 0) is 0 Å². The fraction of sp³-hybridized carbons (Fsp3) is 0.250. The number of hydrogen-bond donors (Lipinski definition) is 1. The van der Waals surface area contributed by atoms with Gasteiger partial charge in [0, 0.05) is 16.6 Å². The lowest BCUT2D eigenvalue weighted by Crippen LogP contribution is -2.20. The smallest absolute Gasteiger partial charge is 0.0964 e. The molecule has 0 fully saturated rings. The van der Waals surface area contributed by atoms with Gasteiger partial charge in [0.25, 0.3) is 0 Å². The van der Waals surface area contributed by atoms with Crippen molar-refractivity contribution in [3.63, 3.8) is 0 Å². The molecule has 3 aromatic rings. The summed E-state index contributed by atoms with van der Waals surface area (Å²) in [6.45, 7) is 4.09. The average molecular weight is 372 g/mol. The summed E-state index contributed by atoms with van der Waals surface area (Å²) >= 11 is 12.4. The van der Waals surface area contributed by atoms with Crippen LogP contribution in [-0.4, -0.2) is 22.6 Å². The Morgan fingerprint density at radius 2 is 2.04 bits per heavy atom. The first-order valence-corrected chi connectivity index (χ1v) is 9.21. The van der Waals surface area contributed by atoms with Gasteiger partial charge in [-0.1, -0.05) is 41.4 Å². The maximum absolute atomic E-state index is 6.41. The van der Waals surface area contributed by atoms with E-state index in [0.717, 1.165) is 36.1 Å². The Hall–Kier alpha value is -1.81. The second-order valence-electron chi connectivity index (χ2n) is 6.38. The molecule has 5 heteroatoms. The SMILES string of the molecule is C[C@H](c1ccc(Cl)cc1Cl)n1cnc2ccc(C3=CCNCC3)cc21. The highest BCUT2D eigenvalue weighted by atomic mass is 35.5. The largest absolute Gasteiger partial charge is 0.323 e. The molecule has 0 spiro atoms. The van der Waals surface area contributed by atoms with E-state index in [4.69, 9.17) is 23.2 Å². The summed E-state index contributed by atoms with van der Waals surface area (Å²) in [5.41, 5.74) is 5.82. The van der Waals surface area contributed by atoms with E-state index in [-0.39, 0.29) is 6.04 Å². The molecule has 4 rings (SSSR count). The van der Waals surface area contributed by atoms with Crippen molar-refractivity contribution < 1.29 is 0 Å². The van der Waals surface area contributed by atoms with Crippen LogP contribution in [0.15, 0.2) is 48.8 Å². The molecule has 2 aromatic carbocycles. The highest BCUT2D eigenvalue weighted by molar-refractivity contribution is 6.35. The maximum atomic E-state index is 6.41. The lowest BCUT2D eigenvalue weighted by Gasteiger charge is -2.18. The number of benzene rings is 2. The molecule has 0 unspecified atom stereocenters. The van der Waals surface area contributed by atoms with Crippen molar-refractivity contribution in [1.29, 1.82) is 0 Å². The third-order valence-electron chi connectivity index (χ3n) is 4.84. The molecule has 0 aliphatic carbocycles. The fourth-order valence-electron chi connectivity index (χ4n) is 3.41. The highest BCUT2D eigenvalue weighted by Gasteiger charge is 2.16. The summed E-state index contributed by atoms with van der Waals surface area (Å²) in [4.78, 5) is 4.56. The predicted octanol–water partition coefficient (Wildman–Crippen LogP) is 5.33. The number of aromatic nitrogens is 2. The van der Waals surface area contributed by atoms with Gasteiger partial charge in [-0.3, -0.25) is 0 Å². The topological polar surface area (TPSA) is 29.9 Å². The Bertz CT molecular complexity index is 959. The normalized spacial score (nSPS) is 16.0. The molecule has 1 aromatic heterocycles. The third kappa shape index (κ3) is 3.20. The van der Waals surface area contributed by atoms with Crippen LogP contribution < -0.4 is 5.32 Å². The van der Waals surface area contributed by atoms with Gasteiger partial charge >= 0.3 is 0 Å². The number of imidazole rings is 1. The number of fused-ring (bicyclic) bond motifs is 1. The van der Waals surface area contributed by atoms with Crippen LogP contribution in [0.4, 0.5) is 0 Å². The molecule has 1 aliphatic heterocycles. The first-order valence-electron chi connectivity index (χ1n) is 8.45. The Balaban J connectivity index is 1.77. The van der Waals surface area contributed by atoms with Crippen LogP contribution in [0.25, 0.3) is 16.6 Å². The average Bonchev–Trinajstić information content (AvgIpc) is 3.05. The number of nitrogens with zero attached hydrogens (tertiary/aromatic N) is 2. The minimum Gasteiger partial charge on any atom is -0.323 e. The minimum absolute atomic E-state index is 0.0759. The van der Waals surface area contributed by atoms with Gasteiger partial charge in [-0.05, 0) is 60.9 Å². The van der Waals surface area contributed by atoms with Gasteiger partial charge in [-0.15, -0.1) is 0 Å². The van der Waals surface area contributed by atoms with Crippen LogP contribution in [0.1, 0.15) is 30.5 Å². The zero-order valence-corrected chi connectivity index (χ0v) is 15.5. The lowest BCUT2D eigenvalue weighted by molar-refractivity contribution is 0.658. The third-order valence-corrected chi connectivity index (χ3v) is 5.40. The van der Waals surface area contributed by atoms with Crippen molar-refractivity contribution in [2.45, 2.75) is 19.4 Å². The van der Waals surface area contributed by atoms with Gasteiger partial charge < -0.3 is 9.88 Å². The van der Waals surface area contributed by atoms with Gasteiger partial charge in [0.2, 0.25) is 0 Å². The molecule has 0 saturated heterocycles. The lowest BCUT2D eigenvalue weighted by atomic mass is 9.99. The van der Waals surface area contributed by atoms with Crippen molar-refractivity contribution in [2.24, 2.45) is 0 Å². The Labute approximate surface area is 157 Å². The van der Waals surface area contributed by atoms with E-state index in [2.05, 4.69) is 46.1 Å². The Morgan fingerprint density at radius 3 is 2.80 bits per heavy atom. The minimum atomic E-state index is 0.0759. The number of halogens is 2. The van der Waals surface area contributed by atoms with E-state index in [1.54, 1.807) is 6.07 Å². The summed E-state index contributed by atoms with van der Waals surface area (Å²) < 4.78 is 2.18. The molecule has 1 aliphatic rings. The van der Waals surface area contributed by atoms with E-state index in [1.807, 2.05) is 18.5 Å². The van der Waals surface area contributed by atoms with Crippen molar-refractivity contribution in [3.05, 3.63) is 70.0 Å². The van der Waals surface area contributed by atoms with Crippen LogP contribution in [0.2, 0.25) is 10.0 Å². The van der Waals surface area contributed by atoms with Gasteiger partial charge in [0.15, 0.2) is 0 Å². The molecule has 0 bridgehead atoms. The molecular formula is C20H19Cl2N3. The molecule has 0 saturated carbocycles. The first kappa shape index (κ1) is 16.6. The number of nitrogens with one attached hydrogen (secondary N) is 1. The Kier molecular flexibility index (Phi) is 4.55. The summed E-state index contributed by atoms with van der Waals surface area (Å²) in [6.07, 6.45) is 5.21. The van der Waals surface area contributed by atoms with Crippen molar-refractivity contribution in [1.82, 2.24) is 14.9 Å². The van der Waals surface area contributed by atoms with Gasteiger partial charge in [0.1, 0.15) is 0 Å². The molecule has 0 amide bonds. The van der Waals surface area contributed by atoms with Crippen molar-refractivity contribution >= 4 is 39.8 Å². The van der Waals surface area contributed by atoms with Gasteiger partial charge in [0.05, 0.1) is 23.4 Å². The van der Waals surface area contributed by atoms with Crippen molar-refractivity contribution in [3.8, 4) is 0 Å². The fourth-order valence-corrected chi connectivity index (χ4v) is 3.98. The van der Waals surface area contributed by atoms with E-state index in [0.29, 0.717) is 10.0 Å². The number of rotatable bonds is 3. The summed E-state index contributed by atoms with van der Waals surface area (Å²) in [6, 6.07) is 12.2. The standard InChI is InChI=1S/C20H19Cl2N3/c1-13(17-4-3-16(21)11-18(17)22)25-12-24-19-5-2-15(10-20(19)25)14-6-8-23-9-7-14/h2-6,10-13,23H,7-9H2,1H3/t13-/m1/s1. The molecule has 1 atom stereocenters. The molecule has 0 radical (unpaired) electrons. The summed E-state index contributed by atoms with van der Waals surface area (Å²) in [7, 11) is 0. The second-order valence-corrected chi connectivity index (χ2v) is 7.22. The first-order chi connectivity index (χ1) is 12.1. The molecule has 128 valence electrons. The van der Waals surface area contributed by atoms with Crippen molar-refractivity contribution in [2.75, 3.05) is 13.1 Å². The van der Waals surface area contributed by atoms with Crippen LogP contribution in [0.3, 0.4) is 0 Å². The van der Waals surface area contributed by atoms with E-state index in [9.17, 15) is 0 Å². The second kappa shape index (κ2) is 6.83. The monoisotopic (exact) mass is 371 g/mol. The summed E-state index contributed by atoms with van der Waals surface area (Å²) in [5.74, 6) is 0. The molecule has 25 heavy (non-hydrogen) atoms. The molecule has 1 N–H and O–H groups in total.